The van der Waals surface area contributed by atoms with E-state index in [9.17, 15) is 8.78 Å². The van der Waals surface area contributed by atoms with Crippen LogP contribution in [0.1, 0.15) is 6.55 Å². The molecule has 0 saturated carbocycles. The van der Waals surface area contributed by atoms with Gasteiger partial charge in [-0.1, -0.05) is 12.1 Å². The molecule has 0 unspecified atom stereocenters. The molecule has 2 aromatic rings. The molecule has 7 heteroatoms. The van der Waals surface area contributed by atoms with Gasteiger partial charge < -0.3 is 10.0 Å². The third kappa shape index (κ3) is 1.83. The summed E-state index contributed by atoms with van der Waals surface area (Å²) in [6.45, 7) is -2.69. The monoisotopic (exact) mass is 212 g/mol. The van der Waals surface area contributed by atoms with E-state index in [-0.39, 0.29) is 5.46 Å². The molecule has 0 fully saturated rings. The Hall–Kier alpha value is -1.47. The summed E-state index contributed by atoms with van der Waals surface area (Å²) in [5.74, 6) is 0. The van der Waals surface area contributed by atoms with Gasteiger partial charge in [0.05, 0.1) is 5.52 Å². The lowest BCUT2D eigenvalue weighted by molar-refractivity contribution is 0.0574. The number of rotatable bonds is 2. The second-order valence-corrected chi connectivity index (χ2v) is 3.08. The number of alkyl halides is 2. The molecule has 2 N–H and O–H groups in total. The summed E-state index contributed by atoms with van der Waals surface area (Å²) in [6.07, 6.45) is 1.16. The second-order valence-electron chi connectivity index (χ2n) is 3.08. The summed E-state index contributed by atoms with van der Waals surface area (Å²) >= 11 is 0. The van der Waals surface area contributed by atoms with Gasteiger partial charge in [-0.05, 0) is 11.5 Å². The zero-order valence-electron chi connectivity index (χ0n) is 7.51. The van der Waals surface area contributed by atoms with E-state index in [1.807, 2.05) is 0 Å². The molecule has 0 bridgehead atoms. The van der Waals surface area contributed by atoms with Crippen LogP contribution < -0.4 is 5.46 Å². The van der Waals surface area contributed by atoms with Gasteiger partial charge in [0.1, 0.15) is 0 Å². The number of aromatic nitrogens is 2. The molecule has 0 radical (unpaired) electrons. The third-order valence-electron chi connectivity index (χ3n) is 2.04. The molecule has 0 aliphatic rings. The highest BCUT2D eigenvalue weighted by atomic mass is 19.3. The number of benzene rings is 1. The zero-order chi connectivity index (χ0) is 11.0. The number of nitrogens with zero attached hydrogens (tertiary/aromatic N) is 2. The Morgan fingerprint density at radius 1 is 1.33 bits per heavy atom. The van der Waals surface area contributed by atoms with Crippen LogP contribution in [0.25, 0.3) is 10.9 Å². The van der Waals surface area contributed by atoms with Crippen LogP contribution in [-0.2, 0) is 0 Å². The molecule has 0 saturated heterocycles. The zero-order valence-corrected chi connectivity index (χ0v) is 7.51. The summed E-state index contributed by atoms with van der Waals surface area (Å²) in [6, 6.07) is 4.30. The summed E-state index contributed by atoms with van der Waals surface area (Å²) in [4.78, 5) is 0. The lowest BCUT2D eigenvalue weighted by atomic mass is 9.80. The van der Waals surface area contributed by atoms with Gasteiger partial charge in [-0.2, -0.15) is 13.9 Å². The number of halogens is 2. The molecule has 2 rings (SSSR count). The van der Waals surface area contributed by atoms with Gasteiger partial charge in [0.15, 0.2) is 0 Å². The van der Waals surface area contributed by atoms with Crippen molar-refractivity contribution in [3.63, 3.8) is 0 Å². The molecular formula is C8H7BF2N2O2. The van der Waals surface area contributed by atoms with E-state index in [1.165, 1.54) is 18.2 Å². The molecule has 0 spiro atoms. The summed E-state index contributed by atoms with van der Waals surface area (Å²) < 4.78 is 25.1. The van der Waals surface area contributed by atoms with Gasteiger partial charge in [-0.15, -0.1) is 0 Å². The Bertz CT molecular complexity index is 480. The Balaban J connectivity index is 2.52. The smallest absolute Gasteiger partial charge is 0.423 e. The van der Waals surface area contributed by atoms with Gasteiger partial charge in [-0.25, -0.2) is 4.68 Å². The van der Waals surface area contributed by atoms with Crippen molar-refractivity contribution in [2.45, 2.75) is 6.55 Å². The van der Waals surface area contributed by atoms with Crippen LogP contribution in [-0.4, -0.2) is 26.9 Å². The fraction of sp³-hybridized carbons (Fsp3) is 0.125. The third-order valence-corrected chi connectivity index (χ3v) is 2.04. The van der Waals surface area contributed by atoms with Crippen molar-refractivity contribution in [1.29, 1.82) is 0 Å². The molecule has 0 aliphatic carbocycles. The van der Waals surface area contributed by atoms with Crippen LogP contribution in [0.2, 0.25) is 0 Å². The topological polar surface area (TPSA) is 58.3 Å². The van der Waals surface area contributed by atoms with Crippen molar-refractivity contribution >= 4 is 23.5 Å². The molecule has 1 aromatic carbocycles. The Kier molecular flexibility index (Phi) is 2.41. The highest BCUT2D eigenvalue weighted by Crippen LogP contribution is 2.15. The average Bonchev–Trinajstić information content (AvgIpc) is 2.59. The first-order chi connectivity index (χ1) is 7.08. The lowest BCUT2D eigenvalue weighted by Gasteiger charge is -1.96. The highest BCUT2D eigenvalue weighted by molar-refractivity contribution is 6.58. The van der Waals surface area contributed by atoms with Gasteiger partial charge in [0.2, 0.25) is 0 Å². The first-order valence-electron chi connectivity index (χ1n) is 4.21. The number of fused-ring (bicyclic) bond motifs is 1. The molecule has 1 heterocycles. The van der Waals surface area contributed by atoms with Crippen molar-refractivity contribution in [2.75, 3.05) is 0 Å². The van der Waals surface area contributed by atoms with Gasteiger partial charge in [0.25, 0.3) is 0 Å². The minimum Gasteiger partial charge on any atom is -0.423 e. The maximum Gasteiger partial charge on any atom is 0.488 e. The number of hydrogen-bond acceptors (Lipinski definition) is 3. The van der Waals surface area contributed by atoms with Crippen molar-refractivity contribution in [2.24, 2.45) is 0 Å². The fourth-order valence-electron chi connectivity index (χ4n) is 1.32. The minimum atomic E-state index is -2.69. The van der Waals surface area contributed by atoms with E-state index in [0.29, 0.717) is 15.6 Å². The molecular weight excluding hydrogens is 205 g/mol. The van der Waals surface area contributed by atoms with Gasteiger partial charge >= 0.3 is 13.7 Å². The Morgan fingerprint density at radius 2 is 2.07 bits per heavy atom. The summed E-state index contributed by atoms with van der Waals surface area (Å²) in [7, 11) is -1.61. The quantitative estimate of drug-likeness (QED) is 0.694. The largest absolute Gasteiger partial charge is 0.488 e. The molecule has 15 heavy (non-hydrogen) atoms. The Morgan fingerprint density at radius 3 is 2.67 bits per heavy atom. The van der Waals surface area contributed by atoms with E-state index < -0.39 is 13.7 Å². The van der Waals surface area contributed by atoms with Crippen LogP contribution >= 0.6 is 0 Å². The molecule has 0 atom stereocenters. The van der Waals surface area contributed by atoms with Crippen molar-refractivity contribution in [3.8, 4) is 0 Å². The molecule has 4 nitrogen and oxygen atoms in total. The minimum absolute atomic E-state index is 0.247. The van der Waals surface area contributed by atoms with E-state index in [4.69, 9.17) is 10.0 Å². The van der Waals surface area contributed by atoms with E-state index in [0.717, 1.165) is 6.20 Å². The highest BCUT2D eigenvalue weighted by Gasteiger charge is 2.13. The van der Waals surface area contributed by atoms with E-state index in [2.05, 4.69) is 5.10 Å². The second kappa shape index (κ2) is 3.60. The van der Waals surface area contributed by atoms with Gasteiger partial charge in [-0.3, -0.25) is 0 Å². The predicted molar refractivity (Wildman–Crippen MR) is 50.8 cm³/mol. The standard InChI is InChI=1S/C8H7BF2N2O2/c10-8(11)13-4-5-3-6(9(14)15)1-2-7(5)12-13/h1-4,8,14-15H. The van der Waals surface area contributed by atoms with Crippen LogP contribution in [0.5, 0.6) is 0 Å². The van der Waals surface area contributed by atoms with Crippen molar-refractivity contribution < 1.29 is 18.8 Å². The molecule has 1 aromatic heterocycles. The summed E-state index contributed by atoms with van der Waals surface area (Å²) in [5, 5.41) is 21.8. The number of hydrogen-bond donors (Lipinski definition) is 2. The molecule has 78 valence electrons. The Labute approximate surface area is 83.9 Å². The average molecular weight is 212 g/mol. The molecule has 0 aliphatic heterocycles. The van der Waals surface area contributed by atoms with Crippen LogP contribution in [0.4, 0.5) is 8.78 Å². The lowest BCUT2D eigenvalue weighted by Crippen LogP contribution is -2.29. The van der Waals surface area contributed by atoms with Crippen molar-refractivity contribution in [3.05, 3.63) is 24.4 Å². The van der Waals surface area contributed by atoms with Crippen LogP contribution in [0.3, 0.4) is 0 Å². The first-order valence-corrected chi connectivity index (χ1v) is 4.21. The van der Waals surface area contributed by atoms with E-state index in [1.54, 1.807) is 0 Å². The summed E-state index contributed by atoms with van der Waals surface area (Å²) in [5.41, 5.74) is 0.635. The SMILES string of the molecule is OB(O)c1ccc2nn(C(F)F)cc2c1. The predicted octanol–water partition coefficient (Wildman–Crippen LogP) is 0.111. The van der Waals surface area contributed by atoms with Gasteiger partial charge in [0, 0.05) is 11.6 Å². The van der Waals surface area contributed by atoms with E-state index >= 15 is 0 Å². The maximum absolute atomic E-state index is 12.3. The van der Waals surface area contributed by atoms with Crippen LogP contribution in [0.15, 0.2) is 24.4 Å². The first kappa shape index (κ1) is 10.1. The van der Waals surface area contributed by atoms with Crippen molar-refractivity contribution in [1.82, 2.24) is 9.78 Å². The normalized spacial score (nSPS) is 11.3. The molecule has 0 amide bonds. The maximum atomic E-state index is 12.3. The van der Waals surface area contributed by atoms with Crippen LogP contribution in [0, 0.1) is 0 Å². The fourth-order valence-corrected chi connectivity index (χ4v) is 1.32.